The summed E-state index contributed by atoms with van der Waals surface area (Å²) in [6.45, 7) is 0. The molecule has 2 fully saturated rings. The molecule has 2 aromatic carbocycles. The molecular weight excluding hydrogens is 350 g/mol. The average Bonchev–Trinajstić information content (AvgIpc) is 3.35. The molecule has 1 heterocycles. The predicted octanol–water partition coefficient (Wildman–Crippen LogP) is 3.76. The molecule has 1 aliphatic heterocycles. The lowest BCUT2D eigenvalue weighted by molar-refractivity contribution is -0.133. The van der Waals surface area contributed by atoms with E-state index in [0.717, 1.165) is 55.2 Å². The van der Waals surface area contributed by atoms with E-state index in [2.05, 4.69) is 0 Å². The van der Waals surface area contributed by atoms with Crippen LogP contribution in [0.1, 0.15) is 44.1 Å². The third kappa shape index (κ3) is 2.60. The van der Waals surface area contributed by atoms with Crippen molar-refractivity contribution in [2.45, 2.75) is 50.1 Å². The molecule has 1 amide bonds. The van der Waals surface area contributed by atoms with Gasteiger partial charge in [-0.2, -0.15) is 0 Å². The van der Waals surface area contributed by atoms with E-state index in [4.69, 9.17) is 10.7 Å². The second kappa shape index (κ2) is 6.36. The summed E-state index contributed by atoms with van der Waals surface area (Å²) < 4.78 is 0. The van der Waals surface area contributed by atoms with Gasteiger partial charge in [-0.05, 0) is 66.5 Å². The minimum absolute atomic E-state index is 0.0486. The first-order chi connectivity index (χ1) is 13.6. The third-order valence-corrected chi connectivity index (χ3v) is 6.42. The largest absolute Gasteiger partial charge is 0.508 e. The molecule has 28 heavy (non-hydrogen) atoms. The highest BCUT2D eigenvalue weighted by molar-refractivity contribution is 6.08. The van der Waals surface area contributed by atoms with Crippen LogP contribution in [0.5, 0.6) is 5.75 Å². The van der Waals surface area contributed by atoms with Crippen LogP contribution in [0.3, 0.4) is 0 Å². The summed E-state index contributed by atoms with van der Waals surface area (Å²) in [7, 11) is 0. The lowest BCUT2D eigenvalue weighted by Gasteiger charge is -2.29. The molecule has 1 atom stereocenters. The molecule has 3 aliphatic rings. The maximum absolute atomic E-state index is 13.7. The van der Waals surface area contributed by atoms with Crippen molar-refractivity contribution in [1.29, 1.82) is 0 Å². The fourth-order valence-electron chi connectivity index (χ4n) is 4.90. The summed E-state index contributed by atoms with van der Waals surface area (Å²) in [5, 5.41) is 9.84. The van der Waals surface area contributed by atoms with Crippen LogP contribution in [0.2, 0.25) is 0 Å². The predicted molar refractivity (Wildman–Crippen MR) is 109 cm³/mol. The maximum Gasteiger partial charge on any atom is 0.262 e. The number of rotatable bonds is 4. The Morgan fingerprint density at radius 2 is 1.68 bits per heavy atom. The number of carbonyl (C=O) groups excluding carboxylic acids is 1. The number of hydrogen-bond acceptors (Lipinski definition) is 4. The number of phenols is 1. The summed E-state index contributed by atoms with van der Waals surface area (Å²) in [6, 6.07) is 15.4. The molecule has 2 saturated carbocycles. The number of aliphatic imine (C=N–C) groups is 1. The van der Waals surface area contributed by atoms with E-state index in [-0.39, 0.29) is 23.6 Å². The quantitative estimate of drug-likeness (QED) is 0.854. The third-order valence-electron chi connectivity index (χ3n) is 6.42. The van der Waals surface area contributed by atoms with Crippen molar-refractivity contribution in [1.82, 2.24) is 4.90 Å². The van der Waals surface area contributed by atoms with E-state index in [9.17, 15) is 9.90 Å². The first-order valence-electron chi connectivity index (χ1n) is 10.2. The highest BCUT2D eigenvalue weighted by atomic mass is 16.3. The van der Waals surface area contributed by atoms with Gasteiger partial charge in [0.15, 0.2) is 11.5 Å². The van der Waals surface area contributed by atoms with Crippen molar-refractivity contribution in [2.75, 3.05) is 0 Å². The number of phenolic OH excluding ortho intramolecular Hbond substituents is 1. The number of carbonyl (C=O) groups is 1. The first-order valence-corrected chi connectivity index (χ1v) is 10.2. The van der Waals surface area contributed by atoms with E-state index < -0.39 is 5.54 Å². The highest BCUT2D eigenvalue weighted by Gasteiger charge is 2.59. The van der Waals surface area contributed by atoms with Crippen LogP contribution in [0, 0.1) is 5.92 Å². The Morgan fingerprint density at radius 3 is 2.36 bits per heavy atom. The number of aromatic hydroxyl groups is 1. The number of benzene rings is 2. The molecule has 2 aliphatic carbocycles. The van der Waals surface area contributed by atoms with Crippen molar-refractivity contribution < 1.29 is 9.90 Å². The van der Waals surface area contributed by atoms with E-state index in [1.807, 2.05) is 36.4 Å². The van der Waals surface area contributed by atoms with Crippen molar-refractivity contribution in [3.05, 3.63) is 54.1 Å². The SMILES string of the molecule is NC1=NC(c2cccc(-c3cccc(O)c3)c2)(C2CC2)C(=O)N1C1CCCC1. The van der Waals surface area contributed by atoms with Gasteiger partial charge in [0.25, 0.3) is 5.91 Å². The van der Waals surface area contributed by atoms with Gasteiger partial charge in [-0.3, -0.25) is 9.69 Å². The van der Waals surface area contributed by atoms with Crippen molar-refractivity contribution in [2.24, 2.45) is 16.6 Å². The smallest absolute Gasteiger partial charge is 0.262 e. The molecule has 5 rings (SSSR count). The molecule has 0 aromatic heterocycles. The number of nitrogens with two attached hydrogens (primary N) is 1. The van der Waals surface area contributed by atoms with Gasteiger partial charge in [0.2, 0.25) is 0 Å². The van der Waals surface area contributed by atoms with E-state index in [1.165, 1.54) is 0 Å². The van der Waals surface area contributed by atoms with Gasteiger partial charge in [0.05, 0.1) is 0 Å². The van der Waals surface area contributed by atoms with Crippen molar-refractivity contribution in [3.8, 4) is 16.9 Å². The zero-order valence-electron chi connectivity index (χ0n) is 15.8. The van der Waals surface area contributed by atoms with Gasteiger partial charge in [-0.1, -0.05) is 43.2 Å². The van der Waals surface area contributed by atoms with Gasteiger partial charge >= 0.3 is 0 Å². The maximum atomic E-state index is 13.7. The Bertz CT molecular complexity index is 960. The second-order valence-electron chi connectivity index (χ2n) is 8.26. The Balaban J connectivity index is 1.58. The molecular formula is C23H25N3O2. The summed E-state index contributed by atoms with van der Waals surface area (Å²) in [4.78, 5) is 20.3. The topological polar surface area (TPSA) is 78.9 Å². The molecule has 0 radical (unpaired) electrons. The van der Waals surface area contributed by atoms with E-state index in [1.54, 1.807) is 17.0 Å². The minimum Gasteiger partial charge on any atom is -0.508 e. The Morgan fingerprint density at radius 1 is 1.00 bits per heavy atom. The lowest BCUT2D eigenvalue weighted by Crippen LogP contribution is -2.48. The average molecular weight is 375 g/mol. The zero-order chi connectivity index (χ0) is 19.3. The van der Waals surface area contributed by atoms with Crippen LogP contribution in [-0.4, -0.2) is 27.9 Å². The van der Waals surface area contributed by atoms with Crippen LogP contribution >= 0.6 is 0 Å². The van der Waals surface area contributed by atoms with Gasteiger partial charge in [0, 0.05) is 6.04 Å². The molecule has 2 aromatic rings. The normalized spacial score (nSPS) is 25.4. The molecule has 0 bridgehead atoms. The van der Waals surface area contributed by atoms with Crippen LogP contribution < -0.4 is 5.73 Å². The molecule has 0 saturated heterocycles. The van der Waals surface area contributed by atoms with Gasteiger partial charge in [0.1, 0.15) is 5.75 Å². The van der Waals surface area contributed by atoms with Crippen molar-refractivity contribution >= 4 is 11.9 Å². The van der Waals surface area contributed by atoms with E-state index in [0.29, 0.717) is 5.96 Å². The fraction of sp³-hybridized carbons (Fsp3) is 0.391. The fourth-order valence-corrected chi connectivity index (χ4v) is 4.90. The standard InChI is InChI=1S/C23H25N3O2/c24-22-25-23(17-11-12-17,21(28)26(22)19-8-1-2-9-19)18-7-3-5-15(13-18)16-6-4-10-20(27)14-16/h3-7,10,13-14,17,19,27H,1-2,8-9,11-12H2,(H2,24,25). The molecule has 144 valence electrons. The Hall–Kier alpha value is -2.82. The monoisotopic (exact) mass is 375 g/mol. The summed E-state index contributed by atoms with van der Waals surface area (Å²) in [5.74, 6) is 0.870. The van der Waals surface area contributed by atoms with Crippen LogP contribution in [-0.2, 0) is 10.3 Å². The molecule has 3 N–H and O–H groups in total. The van der Waals surface area contributed by atoms with Gasteiger partial charge < -0.3 is 10.8 Å². The summed E-state index contributed by atoms with van der Waals surface area (Å²) in [5.41, 5.74) is 8.22. The van der Waals surface area contributed by atoms with Crippen LogP contribution in [0.25, 0.3) is 11.1 Å². The molecule has 1 unspecified atom stereocenters. The Kier molecular flexibility index (Phi) is 3.93. The minimum atomic E-state index is -0.889. The van der Waals surface area contributed by atoms with Gasteiger partial charge in [-0.25, -0.2) is 4.99 Å². The highest BCUT2D eigenvalue weighted by Crippen LogP contribution is 2.52. The van der Waals surface area contributed by atoms with E-state index >= 15 is 0 Å². The van der Waals surface area contributed by atoms with Gasteiger partial charge in [-0.15, -0.1) is 0 Å². The lowest BCUT2D eigenvalue weighted by atomic mass is 9.83. The Labute approximate surface area is 164 Å². The molecule has 0 spiro atoms. The second-order valence-corrected chi connectivity index (χ2v) is 8.26. The summed E-state index contributed by atoms with van der Waals surface area (Å²) in [6.07, 6.45) is 6.29. The van der Waals surface area contributed by atoms with Crippen LogP contribution in [0.4, 0.5) is 0 Å². The molecule has 5 nitrogen and oxygen atoms in total. The van der Waals surface area contributed by atoms with Crippen LogP contribution in [0.15, 0.2) is 53.5 Å². The number of guanidine groups is 1. The first kappa shape index (κ1) is 17.3. The number of hydrogen-bond donors (Lipinski definition) is 2. The zero-order valence-corrected chi connectivity index (χ0v) is 15.8. The number of nitrogens with zero attached hydrogens (tertiary/aromatic N) is 2. The van der Waals surface area contributed by atoms with Crippen molar-refractivity contribution in [3.63, 3.8) is 0 Å². The number of amides is 1. The molecule has 5 heteroatoms. The summed E-state index contributed by atoms with van der Waals surface area (Å²) >= 11 is 0.